The minimum atomic E-state index is 0.112. The first kappa shape index (κ1) is 8.81. The van der Waals surface area contributed by atoms with Crippen LogP contribution in [0.4, 0.5) is 4.79 Å². The molecule has 0 aliphatic carbocycles. The van der Waals surface area contributed by atoms with Crippen LogP contribution < -0.4 is 10.6 Å². The molecule has 2 atom stereocenters. The van der Waals surface area contributed by atoms with Gasteiger partial charge in [-0.2, -0.15) is 0 Å². The first-order valence-corrected chi connectivity index (χ1v) is 5.06. The Morgan fingerprint density at radius 3 is 2.85 bits per heavy atom. The van der Waals surface area contributed by atoms with Crippen molar-refractivity contribution in [2.45, 2.75) is 31.8 Å². The number of urea groups is 1. The lowest BCUT2D eigenvalue weighted by Crippen LogP contribution is -2.49. The molecule has 2 amide bonds. The van der Waals surface area contributed by atoms with Gasteiger partial charge in [0.25, 0.3) is 0 Å². The first-order chi connectivity index (χ1) is 6.29. The van der Waals surface area contributed by atoms with Gasteiger partial charge in [-0.3, -0.25) is 0 Å². The number of nitrogens with zero attached hydrogens (tertiary/aromatic N) is 1. The molecule has 74 valence electrons. The topological polar surface area (TPSA) is 44.4 Å². The number of piperidine rings is 1. The predicted molar refractivity (Wildman–Crippen MR) is 50.6 cm³/mol. The molecule has 0 radical (unpaired) electrons. The molecule has 0 bridgehead atoms. The summed E-state index contributed by atoms with van der Waals surface area (Å²) in [7, 11) is 0. The zero-order chi connectivity index (χ0) is 9.26. The van der Waals surface area contributed by atoms with E-state index in [0.717, 1.165) is 26.1 Å². The lowest BCUT2D eigenvalue weighted by atomic mass is 10.1. The van der Waals surface area contributed by atoms with Crippen molar-refractivity contribution < 1.29 is 4.79 Å². The van der Waals surface area contributed by atoms with Crippen molar-refractivity contribution in [3.8, 4) is 0 Å². The van der Waals surface area contributed by atoms with Gasteiger partial charge in [0.2, 0.25) is 0 Å². The predicted octanol–water partition coefficient (Wildman–Crippen LogP) is 0.152. The Balaban J connectivity index is 2.00. The van der Waals surface area contributed by atoms with Gasteiger partial charge in [-0.15, -0.1) is 0 Å². The normalized spacial score (nSPS) is 34.8. The van der Waals surface area contributed by atoms with E-state index in [0.29, 0.717) is 12.1 Å². The van der Waals surface area contributed by atoms with Crippen LogP contribution in [-0.4, -0.2) is 42.6 Å². The van der Waals surface area contributed by atoms with Crippen LogP contribution in [0, 0.1) is 0 Å². The highest BCUT2D eigenvalue weighted by Crippen LogP contribution is 2.16. The number of hydrogen-bond acceptors (Lipinski definition) is 2. The van der Waals surface area contributed by atoms with Crippen molar-refractivity contribution in [2.75, 3.05) is 19.6 Å². The zero-order valence-electron chi connectivity index (χ0n) is 8.05. The van der Waals surface area contributed by atoms with Crippen molar-refractivity contribution in [1.82, 2.24) is 15.5 Å². The van der Waals surface area contributed by atoms with Crippen LogP contribution in [0.15, 0.2) is 0 Å². The third-order valence-electron chi connectivity index (χ3n) is 2.92. The van der Waals surface area contributed by atoms with E-state index in [2.05, 4.69) is 17.6 Å². The monoisotopic (exact) mass is 183 g/mol. The molecule has 2 aliphatic rings. The van der Waals surface area contributed by atoms with E-state index in [1.807, 2.05) is 4.90 Å². The fourth-order valence-electron chi connectivity index (χ4n) is 2.22. The highest BCUT2D eigenvalue weighted by atomic mass is 16.2. The summed E-state index contributed by atoms with van der Waals surface area (Å²) in [6, 6.07) is 0.879. The molecule has 2 fully saturated rings. The largest absolute Gasteiger partial charge is 0.336 e. The second-order valence-corrected chi connectivity index (χ2v) is 3.94. The smallest absolute Gasteiger partial charge is 0.318 e. The minimum Gasteiger partial charge on any atom is -0.336 e. The van der Waals surface area contributed by atoms with Crippen molar-refractivity contribution in [3.63, 3.8) is 0 Å². The molecule has 0 aromatic rings. The number of carbonyl (C=O) groups excluding carboxylic acids is 1. The summed E-state index contributed by atoms with van der Waals surface area (Å²) in [5.74, 6) is 0. The van der Waals surface area contributed by atoms with E-state index >= 15 is 0 Å². The van der Waals surface area contributed by atoms with E-state index in [1.54, 1.807) is 0 Å². The van der Waals surface area contributed by atoms with Crippen LogP contribution in [-0.2, 0) is 0 Å². The summed E-state index contributed by atoms with van der Waals surface area (Å²) in [5.41, 5.74) is 0. The molecule has 1 unspecified atom stereocenters. The van der Waals surface area contributed by atoms with Crippen molar-refractivity contribution >= 4 is 6.03 Å². The molecule has 0 aromatic heterocycles. The molecule has 4 heteroatoms. The molecule has 0 spiro atoms. The fourth-order valence-corrected chi connectivity index (χ4v) is 2.22. The molecule has 2 aliphatic heterocycles. The molecule has 2 saturated heterocycles. The van der Waals surface area contributed by atoms with Crippen LogP contribution >= 0.6 is 0 Å². The summed E-state index contributed by atoms with van der Waals surface area (Å²) in [6.45, 7) is 4.96. The number of amides is 2. The number of carbonyl (C=O) groups is 1. The van der Waals surface area contributed by atoms with Crippen molar-refractivity contribution in [1.29, 1.82) is 0 Å². The van der Waals surface area contributed by atoms with Gasteiger partial charge in [-0.25, -0.2) is 4.79 Å². The molecular formula is C9H17N3O. The van der Waals surface area contributed by atoms with E-state index in [1.165, 1.54) is 6.42 Å². The van der Waals surface area contributed by atoms with Crippen molar-refractivity contribution in [3.05, 3.63) is 0 Å². The maximum Gasteiger partial charge on any atom is 0.318 e. The lowest BCUT2D eigenvalue weighted by Gasteiger charge is -2.33. The Kier molecular flexibility index (Phi) is 2.40. The Labute approximate surface area is 78.7 Å². The minimum absolute atomic E-state index is 0.112. The highest BCUT2D eigenvalue weighted by molar-refractivity contribution is 5.77. The number of rotatable bonds is 1. The Bertz CT molecular complexity index is 201. The SMILES string of the molecule is CC1CNC(=O)N1[C@@H]1CCCNC1. The van der Waals surface area contributed by atoms with Gasteiger partial charge >= 0.3 is 6.03 Å². The maximum absolute atomic E-state index is 11.5. The molecule has 13 heavy (non-hydrogen) atoms. The molecule has 4 nitrogen and oxygen atoms in total. The first-order valence-electron chi connectivity index (χ1n) is 5.06. The summed E-state index contributed by atoms with van der Waals surface area (Å²) in [5, 5.41) is 6.21. The molecule has 2 heterocycles. The van der Waals surface area contributed by atoms with Crippen molar-refractivity contribution in [2.24, 2.45) is 0 Å². The average molecular weight is 183 g/mol. The van der Waals surface area contributed by atoms with E-state index < -0.39 is 0 Å². The van der Waals surface area contributed by atoms with Gasteiger partial charge in [0.1, 0.15) is 0 Å². The van der Waals surface area contributed by atoms with E-state index in [4.69, 9.17) is 0 Å². The average Bonchev–Trinajstić information content (AvgIpc) is 2.48. The Hall–Kier alpha value is -0.770. The Morgan fingerprint density at radius 1 is 1.46 bits per heavy atom. The van der Waals surface area contributed by atoms with Gasteiger partial charge < -0.3 is 15.5 Å². The van der Waals surface area contributed by atoms with E-state index in [9.17, 15) is 4.79 Å². The molecule has 2 N–H and O–H groups in total. The van der Waals surface area contributed by atoms with Crippen LogP contribution in [0.2, 0.25) is 0 Å². The second kappa shape index (κ2) is 3.54. The number of hydrogen-bond donors (Lipinski definition) is 2. The fraction of sp³-hybridized carbons (Fsp3) is 0.889. The lowest BCUT2D eigenvalue weighted by molar-refractivity contribution is 0.164. The quantitative estimate of drug-likeness (QED) is 0.608. The third-order valence-corrected chi connectivity index (χ3v) is 2.92. The molecule has 0 aromatic carbocycles. The standard InChI is InChI=1S/C9H17N3O/c1-7-5-11-9(13)12(7)8-3-2-4-10-6-8/h7-8,10H,2-6H2,1H3,(H,11,13)/t7?,8-/m1/s1. The van der Waals surface area contributed by atoms with Crippen LogP contribution in [0.5, 0.6) is 0 Å². The summed E-state index contributed by atoms with van der Waals surface area (Å²) in [4.78, 5) is 13.5. The maximum atomic E-state index is 11.5. The van der Waals surface area contributed by atoms with Crippen LogP contribution in [0.3, 0.4) is 0 Å². The summed E-state index contributed by atoms with van der Waals surface area (Å²) in [6.07, 6.45) is 2.33. The van der Waals surface area contributed by atoms with Crippen LogP contribution in [0.25, 0.3) is 0 Å². The van der Waals surface area contributed by atoms with Gasteiger partial charge in [-0.1, -0.05) is 0 Å². The summed E-state index contributed by atoms with van der Waals surface area (Å²) < 4.78 is 0. The molecular weight excluding hydrogens is 166 g/mol. The second-order valence-electron chi connectivity index (χ2n) is 3.94. The van der Waals surface area contributed by atoms with Crippen LogP contribution in [0.1, 0.15) is 19.8 Å². The third kappa shape index (κ3) is 1.63. The van der Waals surface area contributed by atoms with Gasteiger partial charge in [0, 0.05) is 25.2 Å². The zero-order valence-corrected chi connectivity index (χ0v) is 8.05. The Morgan fingerprint density at radius 2 is 2.31 bits per heavy atom. The van der Waals surface area contributed by atoms with E-state index in [-0.39, 0.29) is 6.03 Å². The summed E-state index contributed by atoms with van der Waals surface area (Å²) >= 11 is 0. The van der Waals surface area contributed by atoms with Gasteiger partial charge in [0.15, 0.2) is 0 Å². The van der Waals surface area contributed by atoms with Gasteiger partial charge in [0.05, 0.1) is 0 Å². The highest BCUT2D eigenvalue weighted by Gasteiger charge is 2.33. The molecule has 0 saturated carbocycles. The number of nitrogens with one attached hydrogen (secondary N) is 2. The molecule has 2 rings (SSSR count). The van der Waals surface area contributed by atoms with Gasteiger partial charge in [-0.05, 0) is 26.3 Å².